The maximum atomic E-state index is 3.40. The van der Waals surface area contributed by atoms with Gasteiger partial charge in [0.25, 0.3) is 0 Å². The Labute approximate surface area is 51.7 Å². The van der Waals surface area contributed by atoms with Crippen LogP contribution < -0.4 is 0 Å². The summed E-state index contributed by atoms with van der Waals surface area (Å²) in [5, 5.41) is 0. The number of hydrogen-bond acceptors (Lipinski definition) is 0. The summed E-state index contributed by atoms with van der Waals surface area (Å²) in [5.74, 6) is 0. The van der Waals surface area contributed by atoms with Gasteiger partial charge in [0.1, 0.15) is 0 Å². The Hall–Kier alpha value is 0.143. The Morgan fingerprint density at radius 2 is 1.67 bits per heavy atom. The van der Waals surface area contributed by atoms with E-state index in [2.05, 4.69) is 12.3 Å². The van der Waals surface area contributed by atoms with E-state index in [0.29, 0.717) is 0 Å². The molecule has 0 aromatic heterocycles. The Bertz CT molecular complexity index is 64.0. The van der Waals surface area contributed by atoms with Gasteiger partial charge in [0.05, 0.1) is 0 Å². The molecule has 0 aliphatic heterocycles. The quantitative estimate of drug-likeness (QED) is 0.349. The zero-order chi connectivity index (χ0) is 4.28. The molecule has 6 heavy (non-hydrogen) atoms. The maximum Gasteiger partial charge on any atom is 0 e. The summed E-state index contributed by atoms with van der Waals surface area (Å²) in [7, 11) is 0. The van der Waals surface area contributed by atoms with E-state index in [4.69, 9.17) is 0 Å². The summed E-state index contributed by atoms with van der Waals surface area (Å²) < 4.78 is 0. The molecule has 0 aromatic carbocycles. The normalized spacial score (nSPS) is 5.00. The van der Waals surface area contributed by atoms with Crippen molar-refractivity contribution in [3.05, 3.63) is 17.9 Å². The molecule has 0 saturated carbocycles. The average molecular weight is 134 g/mol. The zero-order valence-electron chi connectivity index (χ0n) is 4.41. The summed E-state index contributed by atoms with van der Waals surface area (Å²) in [4.78, 5) is 0. The van der Waals surface area contributed by atoms with Crippen LogP contribution in [0.4, 0.5) is 0 Å². The van der Waals surface area contributed by atoms with Gasteiger partial charge < -0.3 is 0 Å². The molecule has 0 nitrogen and oxygen atoms in total. The van der Waals surface area contributed by atoms with Crippen molar-refractivity contribution in [1.29, 1.82) is 0 Å². The SMILES string of the molecule is C=C=C(C)C.[Zn]. The molecule has 0 aromatic rings. The molecule has 0 unspecified atom stereocenters. The van der Waals surface area contributed by atoms with Crippen LogP contribution in [-0.2, 0) is 19.5 Å². The van der Waals surface area contributed by atoms with Crippen LogP contribution in [-0.4, -0.2) is 0 Å². The first-order valence-corrected chi connectivity index (χ1v) is 1.60. The van der Waals surface area contributed by atoms with E-state index in [0.717, 1.165) is 5.57 Å². The fourth-order valence-corrected chi connectivity index (χ4v) is 0. The first-order valence-electron chi connectivity index (χ1n) is 1.60. The van der Waals surface area contributed by atoms with Gasteiger partial charge in [-0.05, 0) is 19.4 Å². The van der Waals surface area contributed by atoms with Crippen LogP contribution >= 0.6 is 0 Å². The van der Waals surface area contributed by atoms with Crippen LogP contribution in [0.5, 0.6) is 0 Å². The molecule has 0 spiro atoms. The standard InChI is InChI=1S/C5H8.Zn/c1-4-5(2)3;/h1H2,2-3H3;. The van der Waals surface area contributed by atoms with Gasteiger partial charge in [0.2, 0.25) is 0 Å². The third-order valence-electron chi connectivity index (χ3n) is 0.354. The van der Waals surface area contributed by atoms with Crippen LogP contribution in [0.3, 0.4) is 0 Å². The monoisotopic (exact) mass is 132 g/mol. The molecule has 0 rings (SSSR count). The molecule has 0 amide bonds. The van der Waals surface area contributed by atoms with Crippen molar-refractivity contribution in [2.75, 3.05) is 0 Å². The van der Waals surface area contributed by atoms with Gasteiger partial charge >= 0.3 is 0 Å². The van der Waals surface area contributed by atoms with E-state index in [-0.39, 0.29) is 19.5 Å². The summed E-state index contributed by atoms with van der Waals surface area (Å²) in [6.07, 6.45) is 0. The van der Waals surface area contributed by atoms with Crippen LogP contribution in [0, 0.1) is 0 Å². The molecule has 1 heteroatoms. The number of hydrogen-bond donors (Lipinski definition) is 0. The summed E-state index contributed by atoms with van der Waals surface area (Å²) in [6.45, 7) is 7.33. The predicted molar refractivity (Wildman–Crippen MR) is 24.0 cm³/mol. The van der Waals surface area contributed by atoms with Gasteiger partial charge in [-0.15, -0.1) is 5.73 Å². The first kappa shape index (κ1) is 9.47. The predicted octanol–water partition coefficient (Wildman–Crippen LogP) is 1.74. The van der Waals surface area contributed by atoms with E-state index in [1.54, 1.807) is 0 Å². The fraction of sp³-hybridized carbons (Fsp3) is 0.400. The van der Waals surface area contributed by atoms with Crippen molar-refractivity contribution in [3.63, 3.8) is 0 Å². The minimum Gasteiger partial charge on any atom is -0.130 e. The molecule has 0 aliphatic rings. The average Bonchev–Trinajstić information content (AvgIpc) is 1.38. The summed E-state index contributed by atoms with van der Waals surface area (Å²) >= 11 is 0. The Morgan fingerprint density at radius 3 is 1.67 bits per heavy atom. The Kier molecular flexibility index (Phi) is 8.12. The molecule has 30 valence electrons. The second-order valence-electron chi connectivity index (χ2n) is 1.18. The minimum atomic E-state index is 0. The maximum absolute atomic E-state index is 3.40. The van der Waals surface area contributed by atoms with E-state index in [1.807, 2.05) is 13.8 Å². The Morgan fingerprint density at radius 1 is 1.50 bits per heavy atom. The van der Waals surface area contributed by atoms with Crippen LogP contribution in [0.25, 0.3) is 0 Å². The smallest absolute Gasteiger partial charge is 0 e. The minimum absolute atomic E-state index is 0. The number of allylic oxidation sites excluding steroid dienone is 1. The summed E-state index contributed by atoms with van der Waals surface area (Å²) in [5.41, 5.74) is 3.84. The molecule has 0 atom stereocenters. The van der Waals surface area contributed by atoms with Gasteiger partial charge in [-0.3, -0.25) is 0 Å². The molecule has 0 N–H and O–H groups in total. The van der Waals surface area contributed by atoms with Crippen LogP contribution in [0.15, 0.2) is 17.9 Å². The van der Waals surface area contributed by atoms with Crippen molar-refractivity contribution in [3.8, 4) is 0 Å². The largest absolute Gasteiger partial charge is 0.130 e. The molecular weight excluding hydrogens is 125 g/mol. The number of rotatable bonds is 0. The van der Waals surface area contributed by atoms with Crippen LogP contribution in [0.1, 0.15) is 13.8 Å². The molecule has 0 radical (unpaired) electrons. The Balaban J connectivity index is 0. The zero-order valence-corrected chi connectivity index (χ0v) is 7.38. The van der Waals surface area contributed by atoms with Crippen molar-refractivity contribution in [1.82, 2.24) is 0 Å². The fourth-order valence-electron chi connectivity index (χ4n) is 0. The summed E-state index contributed by atoms with van der Waals surface area (Å²) in [6, 6.07) is 0. The van der Waals surface area contributed by atoms with E-state index >= 15 is 0 Å². The second-order valence-corrected chi connectivity index (χ2v) is 1.18. The molecule has 0 heterocycles. The van der Waals surface area contributed by atoms with Gasteiger partial charge in [0, 0.05) is 19.5 Å². The third-order valence-corrected chi connectivity index (χ3v) is 0.354. The van der Waals surface area contributed by atoms with Crippen LogP contribution in [0.2, 0.25) is 0 Å². The van der Waals surface area contributed by atoms with E-state index < -0.39 is 0 Å². The van der Waals surface area contributed by atoms with E-state index in [9.17, 15) is 0 Å². The molecule has 0 bridgehead atoms. The van der Waals surface area contributed by atoms with Crippen molar-refractivity contribution in [2.24, 2.45) is 0 Å². The second kappa shape index (κ2) is 5.14. The first-order chi connectivity index (χ1) is 2.27. The van der Waals surface area contributed by atoms with E-state index in [1.165, 1.54) is 0 Å². The molecule has 0 saturated heterocycles. The van der Waals surface area contributed by atoms with Gasteiger partial charge in [0.15, 0.2) is 0 Å². The molecule has 0 fully saturated rings. The van der Waals surface area contributed by atoms with Gasteiger partial charge in [-0.25, -0.2) is 0 Å². The van der Waals surface area contributed by atoms with Crippen molar-refractivity contribution < 1.29 is 19.5 Å². The third kappa shape index (κ3) is 8.91. The van der Waals surface area contributed by atoms with Gasteiger partial charge in [-0.1, -0.05) is 6.58 Å². The van der Waals surface area contributed by atoms with Crippen molar-refractivity contribution in [2.45, 2.75) is 13.8 Å². The van der Waals surface area contributed by atoms with Gasteiger partial charge in [-0.2, -0.15) is 0 Å². The molecule has 0 aliphatic carbocycles. The van der Waals surface area contributed by atoms with Crippen molar-refractivity contribution >= 4 is 0 Å². The topological polar surface area (TPSA) is 0 Å². The molecular formula is C5H8Zn.